The monoisotopic (exact) mass is 381 g/mol. The summed E-state index contributed by atoms with van der Waals surface area (Å²) in [6, 6.07) is 19.4. The second-order valence-electron chi connectivity index (χ2n) is 7.89. The number of hydrogen-bond acceptors (Lipinski definition) is 1. The highest BCUT2D eigenvalue weighted by atomic mass is 15.1. The average Bonchev–Trinajstić information content (AvgIpc) is 2.90. The summed E-state index contributed by atoms with van der Waals surface area (Å²) in [6.45, 7) is 8.69. The van der Waals surface area contributed by atoms with Gasteiger partial charge in [-0.2, -0.15) is 0 Å². The van der Waals surface area contributed by atoms with Gasteiger partial charge in [0.05, 0.1) is 0 Å². The molecule has 0 saturated carbocycles. The van der Waals surface area contributed by atoms with Crippen LogP contribution in [-0.2, 0) is 0 Å². The molecule has 29 heavy (non-hydrogen) atoms. The fourth-order valence-corrected chi connectivity index (χ4v) is 3.45. The van der Waals surface area contributed by atoms with Crippen LogP contribution in [-0.4, -0.2) is 0 Å². The molecule has 0 unspecified atom stereocenters. The third-order valence-electron chi connectivity index (χ3n) is 4.98. The van der Waals surface area contributed by atoms with Gasteiger partial charge < -0.3 is 4.90 Å². The quantitative estimate of drug-likeness (QED) is 0.455. The van der Waals surface area contributed by atoms with Gasteiger partial charge in [-0.1, -0.05) is 93.6 Å². The Morgan fingerprint density at radius 2 is 1.62 bits per heavy atom. The topological polar surface area (TPSA) is 3.24 Å². The molecule has 0 radical (unpaired) electrons. The molecule has 1 nitrogen and oxygen atoms in total. The molecule has 0 saturated heterocycles. The highest BCUT2D eigenvalue weighted by Crippen LogP contribution is 2.33. The van der Waals surface area contributed by atoms with Crippen LogP contribution < -0.4 is 4.90 Å². The van der Waals surface area contributed by atoms with Gasteiger partial charge in [0.15, 0.2) is 0 Å². The standard InChI is InChI=1S/C28H31N/c1-5-11-25(12-6-2)29(26-14-8-7-9-15-26)27-18-16-24(17-19-27)23-13-10-21-28(3,4)22-20-23/h5,7-22H,6H2,1-4H3/b11-5-,25-12+. The van der Waals surface area contributed by atoms with Crippen molar-refractivity contribution in [2.75, 3.05) is 4.90 Å². The maximum absolute atomic E-state index is 2.31. The first-order valence-electron chi connectivity index (χ1n) is 10.4. The summed E-state index contributed by atoms with van der Waals surface area (Å²) in [6.07, 6.45) is 18.6. The number of hydrogen-bond donors (Lipinski definition) is 0. The highest BCUT2D eigenvalue weighted by Gasteiger charge is 2.14. The molecule has 0 amide bonds. The van der Waals surface area contributed by atoms with E-state index in [-0.39, 0.29) is 5.41 Å². The zero-order valence-corrected chi connectivity index (χ0v) is 18.0. The Labute approximate surface area is 176 Å². The van der Waals surface area contributed by atoms with Crippen molar-refractivity contribution in [2.45, 2.75) is 34.1 Å². The van der Waals surface area contributed by atoms with Crippen LogP contribution >= 0.6 is 0 Å². The number of nitrogens with zero attached hydrogens (tertiary/aromatic N) is 1. The molecule has 0 bridgehead atoms. The number of anilines is 2. The smallest absolute Gasteiger partial charge is 0.0461 e. The van der Waals surface area contributed by atoms with Gasteiger partial charge >= 0.3 is 0 Å². The lowest BCUT2D eigenvalue weighted by atomic mass is 9.93. The van der Waals surface area contributed by atoms with Gasteiger partial charge in [-0.05, 0) is 54.8 Å². The van der Waals surface area contributed by atoms with E-state index in [2.05, 4.69) is 136 Å². The van der Waals surface area contributed by atoms with E-state index in [0.717, 1.165) is 17.8 Å². The van der Waals surface area contributed by atoms with Gasteiger partial charge in [0, 0.05) is 22.5 Å². The van der Waals surface area contributed by atoms with Crippen LogP contribution in [0.4, 0.5) is 11.4 Å². The van der Waals surface area contributed by atoms with E-state index in [1.54, 1.807) is 0 Å². The maximum Gasteiger partial charge on any atom is 0.0461 e. The number of benzene rings is 2. The van der Waals surface area contributed by atoms with Crippen molar-refractivity contribution in [1.29, 1.82) is 0 Å². The van der Waals surface area contributed by atoms with E-state index < -0.39 is 0 Å². The summed E-state index contributed by atoms with van der Waals surface area (Å²) in [7, 11) is 0. The molecule has 0 heterocycles. The number of allylic oxidation sites excluding steroid dienone is 9. The van der Waals surface area contributed by atoms with Gasteiger partial charge in [0.25, 0.3) is 0 Å². The Kier molecular flexibility index (Phi) is 6.72. The molecule has 0 spiro atoms. The Hall–Kier alpha value is -3.06. The third kappa shape index (κ3) is 5.26. The van der Waals surface area contributed by atoms with Gasteiger partial charge in [-0.15, -0.1) is 0 Å². The maximum atomic E-state index is 2.31. The second-order valence-corrected chi connectivity index (χ2v) is 7.89. The zero-order valence-electron chi connectivity index (χ0n) is 18.0. The van der Waals surface area contributed by atoms with E-state index in [1.807, 2.05) is 0 Å². The van der Waals surface area contributed by atoms with Crippen molar-refractivity contribution in [3.63, 3.8) is 0 Å². The summed E-state index contributed by atoms with van der Waals surface area (Å²) >= 11 is 0. The molecule has 1 aliphatic rings. The van der Waals surface area contributed by atoms with Gasteiger partial charge in [0.1, 0.15) is 0 Å². The molecule has 0 aromatic heterocycles. The molecule has 0 aliphatic heterocycles. The molecule has 0 fully saturated rings. The van der Waals surface area contributed by atoms with Crippen LogP contribution in [0.25, 0.3) is 5.57 Å². The zero-order chi connectivity index (χ0) is 20.7. The lowest BCUT2D eigenvalue weighted by molar-refractivity contribution is 0.627. The fourth-order valence-electron chi connectivity index (χ4n) is 3.45. The predicted molar refractivity (Wildman–Crippen MR) is 128 cm³/mol. The summed E-state index contributed by atoms with van der Waals surface area (Å²) in [5.74, 6) is 0. The second kappa shape index (κ2) is 9.43. The molecule has 0 atom stereocenters. The lowest BCUT2D eigenvalue weighted by Gasteiger charge is -2.26. The SMILES string of the molecule is C/C=C\C(=C/CC)N(c1ccccc1)c1ccc(C2=CC=CC(C)(C)C=C2)cc1. The van der Waals surface area contributed by atoms with Crippen LogP contribution in [0.5, 0.6) is 0 Å². The first kappa shape index (κ1) is 20.7. The molecule has 1 aliphatic carbocycles. The third-order valence-corrected chi connectivity index (χ3v) is 4.98. The summed E-state index contributed by atoms with van der Waals surface area (Å²) in [4.78, 5) is 2.31. The predicted octanol–water partition coefficient (Wildman–Crippen LogP) is 8.23. The normalized spacial score (nSPS) is 16.0. The summed E-state index contributed by atoms with van der Waals surface area (Å²) in [5, 5.41) is 0. The molecule has 2 aromatic carbocycles. The van der Waals surface area contributed by atoms with Gasteiger partial charge in [0.2, 0.25) is 0 Å². The molecule has 2 aromatic rings. The molecule has 148 valence electrons. The van der Waals surface area contributed by atoms with Crippen LogP contribution in [0, 0.1) is 5.41 Å². The van der Waals surface area contributed by atoms with Crippen LogP contribution in [0.15, 0.2) is 109 Å². The lowest BCUT2D eigenvalue weighted by Crippen LogP contribution is -2.15. The molecule has 1 heteroatoms. The minimum atomic E-state index is 0.0919. The molecular weight excluding hydrogens is 350 g/mol. The molecule has 3 rings (SSSR count). The first-order chi connectivity index (χ1) is 14.0. The Morgan fingerprint density at radius 1 is 0.931 bits per heavy atom. The van der Waals surface area contributed by atoms with Crippen molar-refractivity contribution >= 4 is 16.9 Å². The Bertz CT molecular complexity index is 951. The molecule has 0 N–H and O–H groups in total. The van der Waals surface area contributed by atoms with E-state index in [9.17, 15) is 0 Å². The average molecular weight is 382 g/mol. The van der Waals surface area contributed by atoms with Crippen LogP contribution in [0.1, 0.15) is 39.7 Å². The van der Waals surface area contributed by atoms with E-state index >= 15 is 0 Å². The van der Waals surface area contributed by atoms with E-state index in [4.69, 9.17) is 0 Å². The fraction of sp³-hybridized carbons (Fsp3) is 0.214. The van der Waals surface area contributed by atoms with Gasteiger partial charge in [-0.3, -0.25) is 0 Å². The highest BCUT2D eigenvalue weighted by molar-refractivity contribution is 5.78. The molecular formula is C28H31N. The van der Waals surface area contributed by atoms with Crippen LogP contribution in [0.2, 0.25) is 0 Å². The van der Waals surface area contributed by atoms with Crippen molar-refractivity contribution in [3.05, 3.63) is 114 Å². The Balaban J connectivity index is 1.99. The minimum absolute atomic E-state index is 0.0919. The van der Waals surface area contributed by atoms with E-state index in [0.29, 0.717) is 0 Å². The summed E-state index contributed by atoms with van der Waals surface area (Å²) < 4.78 is 0. The van der Waals surface area contributed by atoms with Gasteiger partial charge in [-0.25, -0.2) is 0 Å². The van der Waals surface area contributed by atoms with Crippen molar-refractivity contribution in [3.8, 4) is 0 Å². The number of para-hydroxylation sites is 1. The minimum Gasteiger partial charge on any atom is -0.311 e. The van der Waals surface area contributed by atoms with Crippen molar-refractivity contribution in [2.24, 2.45) is 5.41 Å². The Morgan fingerprint density at radius 3 is 2.28 bits per heavy atom. The summed E-state index contributed by atoms with van der Waals surface area (Å²) in [5.41, 5.74) is 6.07. The van der Waals surface area contributed by atoms with Crippen molar-refractivity contribution < 1.29 is 0 Å². The van der Waals surface area contributed by atoms with E-state index in [1.165, 1.54) is 16.8 Å². The largest absolute Gasteiger partial charge is 0.311 e. The van der Waals surface area contributed by atoms with Crippen LogP contribution in [0.3, 0.4) is 0 Å². The van der Waals surface area contributed by atoms with Crippen molar-refractivity contribution in [1.82, 2.24) is 0 Å². The number of rotatable bonds is 6. The first-order valence-corrected chi connectivity index (χ1v) is 10.4.